The molecule has 0 saturated heterocycles. The van der Waals surface area contributed by atoms with Crippen LogP contribution in [0.5, 0.6) is 0 Å². The Morgan fingerprint density at radius 2 is 2.11 bits per heavy atom. The average molecular weight is 308 g/mol. The van der Waals surface area contributed by atoms with Crippen LogP contribution in [0.3, 0.4) is 0 Å². The quantitative estimate of drug-likeness (QED) is 0.860. The third kappa shape index (κ3) is 5.26. The molecule has 0 aliphatic carbocycles. The smallest absolute Gasteiger partial charge is 0.154 e. The second kappa shape index (κ2) is 6.45. The maximum Gasteiger partial charge on any atom is 0.154 e. The summed E-state index contributed by atoms with van der Waals surface area (Å²) in [6.45, 7) is 0. The van der Waals surface area contributed by atoms with Gasteiger partial charge in [0.2, 0.25) is 0 Å². The van der Waals surface area contributed by atoms with E-state index in [-0.39, 0.29) is 29.2 Å². The van der Waals surface area contributed by atoms with Crippen LogP contribution in [-0.4, -0.2) is 32.3 Å². The van der Waals surface area contributed by atoms with Crippen LogP contribution in [0.25, 0.3) is 0 Å². The highest BCUT2D eigenvalue weighted by Gasteiger charge is 2.19. The number of rotatable bonds is 6. The standard InChI is InChI=1S/C12H15ClFNO3S/c1-19(17,18)6-5-11(15)12(16)7-8-9(13)3-2-4-10(8)14/h2-4,11H,5-7,15H2,1H3. The van der Waals surface area contributed by atoms with Gasteiger partial charge in [0, 0.05) is 23.3 Å². The molecule has 4 nitrogen and oxygen atoms in total. The summed E-state index contributed by atoms with van der Waals surface area (Å²) < 4.78 is 35.4. The Labute approximate surface area is 116 Å². The Morgan fingerprint density at radius 3 is 2.63 bits per heavy atom. The van der Waals surface area contributed by atoms with Crippen LogP contribution in [0.1, 0.15) is 12.0 Å². The SMILES string of the molecule is CS(=O)(=O)CCC(N)C(=O)Cc1c(F)cccc1Cl. The Balaban J connectivity index is 2.69. The summed E-state index contributed by atoms with van der Waals surface area (Å²) in [7, 11) is -3.17. The van der Waals surface area contributed by atoms with Crippen molar-refractivity contribution in [2.45, 2.75) is 18.9 Å². The van der Waals surface area contributed by atoms with E-state index in [0.29, 0.717) is 0 Å². The van der Waals surface area contributed by atoms with Crippen molar-refractivity contribution >= 4 is 27.2 Å². The van der Waals surface area contributed by atoms with Crippen molar-refractivity contribution in [3.63, 3.8) is 0 Å². The fraction of sp³-hybridized carbons (Fsp3) is 0.417. The second-order valence-electron chi connectivity index (χ2n) is 4.37. The van der Waals surface area contributed by atoms with Gasteiger partial charge in [-0.3, -0.25) is 4.79 Å². The molecule has 2 N–H and O–H groups in total. The summed E-state index contributed by atoms with van der Waals surface area (Å²) in [5, 5.41) is 0.156. The monoisotopic (exact) mass is 307 g/mol. The lowest BCUT2D eigenvalue weighted by atomic mass is 10.0. The predicted molar refractivity (Wildman–Crippen MR) is 72.4 cm³/mol. The molecule has 0 fully saturated rings. The number of benzene rings is 1. The van der Waals surface area contributed by atoms with E-state index in [2.05, 4.69) is 0 Å². The lowest BCUT2D eigenvalue weighted by Gasteiger charge is -2.11. The molecule has 1 aromatic rings. The van der Waals surface area contributed by atoms with E-state index in [4.69, 9.17) is 17.3 Å². The molecule has 0 saturated carbocycles. The third-order valence-electron chi connectivity index (χ3n) is 2.63. The van der Waals surface area contributed by atoms with Crippen molar-refractivity contribution in [2.75, 3.05) is 12.0 Å². The van der Waals surface area contributed by atoms with Crippen LogP contribution in [0.2, 0.25) is 5.02 Å². The molecule has 0 aliphatic rings. The largest absolute Gasteiger partial charge is 0.321 e. The second-order valence-corrected chi connectivity index (χ2v) is 7.04. The van der Waals surface area contributed by atoms with Gasteiger partial charge < -0.3 is 5.73 Å². The summed E-state index contributed by atoms with van der Waals surface area (Å²) >= 11 is 5.80. The first-order valence-corrected chi connectivity index (χ1v) is 8.03. The van der Waals surface area contributed by atoms with E-state index in [9.17, 15) is 17.6 Å². The molecule has 0 amide bonds. The summed E-state index contributed by atoms with van der Waals surface area (Å²) in [6, 6.07) is 3.19. The molecule has 106 valence electrons. The molecule has 0 radical (unpaired) electrons. The van der Waals surface area contributed by atoms with Gasteiger partial charge in [-0.2, -0.15) is 0 Å². The first kappa shape index (κ1) is 16.1. The molecular formula is C12H15ClFNO3S. The fourth-order valence-corrected chi connectivity index (χ4v) is 2.42. The molecule has 1 atom stereocenters. The van der Waals surface area contributed by atoms with Crippen LogP contribution in [-0.2, 0) is 21.1 Å². The number of nitrogens with two attached hydrogens (primary N) is 1. The fourth-order valence-electron chi connectivity index (χ4n) is 1.51. The zero-order chi connectivity index (χ0) is 14.6. The van der Waals surface area contributed by atoms with Gasteiger partial charge in [0.05, 0.1) is 11.8 Å². The number of hydrogen-bond acceptors (Lipinski definition) is 4. The number of ketones is 1. The molecule has 0 bridgehead atoms. The minimum absolute atomic E-state index is 0.0176. The maximum atomic E-state index is 13.5. The molecule has 1 rings (SSSR count). The van der Waals surface area contributed by atoms with Crippen LogP contribution >= 0.6 is 11.6 Å². The summed E-state index contributed by atoms with van der Waals surface area (Å²) in [4.78, 5) is 11.8. The van der Waals surface area contributed by atoms with E-state index < -0.39 is 27.5 Å². The van der Waals surface area contributed by atoms with Gasteiger partial charge in [-0.15, -0.1) is 0 Å². The van der Waals surface area contributed by atoms with Crippen LogP contribution < -0.4 is 5.73 Å². The summed E-state index contributed by atoms with van der Waals surface area (Å²) in [5.74, 6) is -1.18. The molecule has 1 aromatic carbocycles. The molecule has 19 heavy (non-hydrogen) atoms. The van der Waals surface area contributed by atoms with Gasteiger partial charge in [0.1, 0.15) is 15.7 Å². The molecule has 0 heterocycles. The lowest BCUT2D eigenvalue weighted by molar-refractivity contribution is -0.119. The highest BCUT2D eigenvalue weighted by molar-refractivity contribution is 7.90. The number of carbonyl (C=O) groups is 1. The molecular weight excluding hydrogens is 293 g/mol. The number of carbonyl (C=O) groups excluding carboxylic acids is 1. The lowest BCUT2D eigenvalue weighted by Crippen LogP contribution is -2.34. The number of sulfone groups is 1. The Hall–Kier alpha value is -0.980. The van der Waals surface area contributed by atoms with Gasteiger partial charge in [0.25, 0.3) is 0 Å². The summed E-state index contributed by atoms with van der Waals surface area (Å²) in [6.07, 6.45) is 0.845. The molecule has 0 aromatic heterocycles. The normalized spacial score (nSPS) is 13.3. The van der Waals surface area contributed by atoms with Gasteiger partial charge in [-0.25, -0.2) is 12.8 Å². The van der Waals surface area contributed by atoms with Crippen molar-refractivity contribution in [1.82, 2.24) is 0 Å². The van der Waals surface area contributed by atoms with Crippen molar-refractivity contribution < 1.29 is 17.6 Å². The first-order valence-electron chi connectivity index (χ1n) is 5.59. The van der Waals surface area contributed by atoms with Crippen LogP contribution in [0, 0.1) is 5.82 Å². The highest BCUT2D eigenvalue weighted by Crippen LogP contribution is 2.20. The number of halogens is 2. The van der Waals surface area contributed by atoms with Gasteiger partial charge in [-0.05, 0) is 18.6 Å². The van der Waals surface area contributed by atoms with E-state index >= 15 is 0 Å². The maximum absolute atomic E-state index is 13.5. The number of Topliss-reactive ketones (excluding diaryl/α,β-unsaturated/α-hetero) is 1. The Bertz CT molecular complexity index is 554. The van der Waals surface area contributed by atoms with Gasteiger partial charge in [0.15, 0.2) is 5.78 Å². The average Bonchev–Trinajstić information content (AvgIpc) is 2.29. The minimum Gasteiger partial charge on any atom is -0.321 e. The molecule has 1 unspecified atom stereocenters. The third-order valence-corrected chi connectivity index (χ3v) is 3.96. The van der Waals surface area contributed by atoms with Gasteiger partial charge in [-0.1, -0.05) is 17.7 Å². The molecule has 0 spiro atoms. The minimum atomic E-state index is -3.17. The predicted octanol–water partition coefficient (Wildman–Crippen LogP) is 1.35. The number of hydrogen-bond donors (Lipinski definition) is 1. The van der Waals surface area contributed by atoms with Crippen molar-refractivity contribution in [2.24, 2.45) is 5.73 Å². The molecule has 7 heteroatoms. The van der Waals surface area contributed by atoms with Crippen molar-refractivity contribution in [3.05, 3.63) is 34.6 Å². The zero-order valence-corrected chi connectivity index (χ0v) is 12.0. The van der Waals surface area contributed by atoms with E-state index in [1.54, 1.807) is 0 Å². The van der Waals surface area contributed by atoms with E-state index in [1.807, 2.05) is 0 Å². The summed E-state index contributed by atoms with van der Waals surface area (Å²) in [5.41, 5.74) is 5.68. The Kier molecular flexibility index (Phi) is 5.46. The van der Waals surface area contributed by atoms with Crippen molar-refractivity contribution in [3.8, 4) is 0 Å². The Morgan fingerprint density at radius 1 is 1.47 bits per heavy atom. The van der Waals surface area contributed by atoms with E-state index in [1.165, 1.54) is 18.2 Å². The highest BCUT2D eigenvalue weighted by atomic mass is 35.5. The molecule has 0 aliphatic heterocycles. The van der Waals surface area contributed by atoms with Crippen LogP contribution in [0.4, 0.5) is 4.39 Å². The first-order chi connectivity index (χ1) is 8.70. The van der Waals surface area contributed by atoms with Crippen LogP contribution in [0.15, 0.2) is 18.2 Å². The van der Waals surface area contributed by atoms with E-state index in [0.717, 1.165) is 6.26 Å². The van der Waals surface area contributed by atoms with Crippen molar-refractivity contribution in [1.29, 1.82) is 0 Å². The van der Waals surface area contributed by atoms with Gasteiger partial charge >= 0.3 is 0 Å². The topological polar surface area (TPSA) is 77.2 Å². The zero-order valence-electron chi connectivity index (χ0n) is 10.4.